The van der Waals surface area contributed by atoms with Gasteiger partial charge in [-0.2, -0.15) is 0 Å². The van der Waals surface area contributed by atoms with Gasteiger partial charge in [-0.3, -0.25) is 0 Å². The molecule has 1 aliphatic carbocycles. The van der Waals surface area contributed by atoms with E-state index in [0.29, 0.717) is 41.3 Å². The van der Waals surface area contributed by atoms with Crippen molar-refractivity contribution in [3.63, 3.8) is 0 Å². The summed E-state index contributed by atoms with van der Waals surface area (Å²) >= 11 is 0. The Balaban J connectivity index is 1.71. The van der Waals surface area contributed by atoms with Crippen LogP contribution in [0.4, 0.5) is 0 Å². The van der Waals surface area contributed by atoms with Gasteiger partial charge in [-0.05, 0) is 0 Å². The molecule has 0 saturated heterocycles. The van der Waals surface area contributed by atoms with Gasteiger partial charge in [0.1, 0.15) is 0 Å². The zero-order valence-electron chi connectivity index (χ0n) is 20.6. The minimum atomic E-state index is -2.57. The molecule has 0 radical (unpaired) electrons. The number of aliphatic hydroxyl groups is 1. The topological polar surface area (TPSA) is 54.4 Å². The van der Waals surface area contributed by atoms with E-state index in [1.165, 1.54) is 15.9 Å². The zero-order valence-corrected chi connectivity index (χ0v) is 21.6. The third-order valence-electron chi connectivity index (χ3n) is 7.38. The summed E-state index contributed by atoms with van der Waals surface area (Å²) in [5.74, 6) is -0.127. The number of ketones is 2. The normalized spacial score (nSPS) is 16.0. The summed E-state index contributed by atoms with van der Waals surface area (Å²) in [4.78, 5) is 25.5. The van der Waals surface area contributed by atoms with Crippen LogP contribution < -0.4 is 15.9 Å². The Morgan fingerprint density at radius 2 is 1.03 bits per heavy atom. The molecule has 0 amide bonds. The Morgan fingerprint density at radius 3 is 1.46 bits per heavy atom. The minimum absolute atomic E-state index is 0.0619. The molecule has 0 spiro atoms. The molecule has 4 rings (SSSR count). The van der Waals surface area contributed by atoms with E-state index >= 15 is 0 Å². The van der Waals surface area contributed by atoms with Crippen LogP contribution in [0.1, 0.15) is 33.6 Å². The molecule has 0 saturated carbocycles. The molecule has 0 aliphatic heterocycles. The second kappa shape index (κ2) is 10.6. The quantitative estimate of drug-likeness (QED) is 0.374. The van der Waals surface area contributed by atoms with Crippen molar-refractivity contribution in [1.29, 1.82) is 0 Å². The van der Waals surface area contributed by atoms with Gasteiger partial charge in [0.25, 0.3) is 0 Å². The number of carbonyl (C=O) groups excluding carboxylic acids is 2. The molecule has 1 aliphatic rings. The van der Waals surface area contributed by atoms with E-state index in [4.69, 9.17) is 0 Å². The first-order chi connectivity index (χ1) is 16.9. The molecular weight excluding hydrogens is 451 g/mol. The molecular formula is C31H33O3P. The van der Waals surface area contributed by atoms with Gasteiger partial charge in [-0.1, -0.05) is 0 Å². The Morgan fingerprint density at radius 1 is 0.629 bits per heavy atom. The average Bonchev–Trinajstić information content (AvgIpc) is 2.91. The first-order valence-electron chi connectivity index (χ1n) is 12.2. The second-order valence-corrected chi connectivity index (χ2v) is 13.4. The van der Waals surface area contributed by atoms with Gasteiger partial charge in [0.2, 0.25) is 0 Å². The van der Waals surface area contributed by atoms with Crippen LogP contribution in [-0.2, 0) is 9.59 Å². The van der Waals surface area contributed by atoms with E-state index < -0.39 is 13.4 Å². The van der Waals surface area contributed by atoms with Gasteiger partial charge >= 0.3 is 209 Å². The van der Waals surface area contributed by atoms with Gasteiger partial charge in [-0.25, -0.2) is 0 Å². The zero-order chi connectivity index (χ0) is 25.0. The van der Waals surface area contributed by atoms with Crippen molar-refractivity contribution in [3.05, 3.63) is 113 Å². The number of aliphatic hydroxyl groups excluding tert-OH is 1. The Hall–Kier alpha value is -3.13. The number of carbonyl (C=O) groups is 2. The van der Waals surface area contributed by atoms with Crippen LogP contribution in [0.2, 0.25) is 0 Å². The van der Waals surface area contributed by atoms with E-state index in [2.05, 4.69) is 72.8 Å². The van der Waals surface area contributed by atoms with Crippen LogP contribution in [-0.4, -0.2) is 28.9 Å². The van der Waals surface area contributed by atoms with Gasteiger partial charge in [0.05, 0.1) is 0 Å². The van der Waals surface area contributed by atoms with Crippen molar-refractivity contribution < 1.29 is 14.7 Å². The Kier molecular flexibility index (Phi) is 7.60. The predicted octanol–water partition coefficient (Wildman–Crippen LogP) is 4.66. The van der Waals surface area contributed by atoms with Crippen LogP contribution in [0.25, 0.3) is 0 Å². The summed E-state index contributed by atoms with van der Waals surface area (Å²) in [5, 5.41) is 15.2. The first kappa shape index (κ1) is 25.0. The fraction of sp³-hybridized carbons (Fsp3) is 0.226. The number of rotatable bonds is 8. The number of hydrogen-bond donors (Lipinski definition) is 1. The van der Waals surface area contributed by atoms with Gasteiger partial charge in [0, 0.05) is 0 Å². The fourth-order valence-electron chi connectivity index (χ4n) is 5.24. The predicted molar refractivity (Wildman–Crippen MR) is 148 cm³/mol. The molecule has 3 nitrogen and oxygen atoms in total. The van der Waals surface area contributed by atoms with E-state index in [0.717, 1.165) is 0 Å². The molecule has 3 aromatic rings. The molecule has 0 aromatic heterocycles. The summed E-state index contributed by atoms with van der Waals surface area (Å²) in [6, 6.07) is 31.5. The maximum absolute atomic E-state index is 12.9. The van der Waals surface area contributed by atoms with Crippen LogP contribution >= 0.6 is 7.26 Å². The summed E-state index contributed by atoms with van der Waals surface area (Å²) in [6.07, 6.45) is 0.787. The monoisotopic (exact) mass is 484 g/mol. The molecule has 4 heteroatoms. The molecule has 1 unspecified atom stereocenters. The van der Waals surface area contributed by atoms with Crippen molar-refractivity contribution in [2.45, 2.75) is 39.7 Å². The molecule has 3 aromatic carbocycles. The maximum atomic E-state index is 12.9. The third kappa shape index (κ3) is 4.85. The SMILES string of the molecule is CC1=C(C)C(=O)C(CCC(O)C[PH](c2ccccc2)(c2ccccc2)c2ccccc2)=C(C)C1=O. The number of Topliss-reactive ketones (excluding diaryl/α,β-unsaturated/α-hetero) is 2. The molecule has 0 bridgehead atoms. The Labute approximate surface area is 208 Å². The van der Waals surface area contributed by atoms with Crippen molar-refractivity contribution in [3.8, 4) is 0 Å². The van der Waals surface area contributed by atoms with Crippen LogP contribution in [0.3, 0.4) is 0 Å². The fourth-order valence-corrected chi connectivity index (χ4v) is 10.1. The average molecular weight is 485 g/mol. The first-order valence-corrected chi connectivity index (χ1v) is 14.4. The van der Waals surface area contributed by atoms with E-state index in [1.54, 1.807) is 20.8 Å². The van der Waals surface area contributed by atoms with E-state index in [-0.39, 0.29) is 11.6 Å². The van der Waals surface area contributed by atoms with Crippen molar-refractivity contribution in [1.82, 2.24) is 0 Å². The van der Waals surface area contributed by atoms with Crippen LogP contribution in [0.15, 0.2) is 113 Å². The second-order valence-electron chi connectivity index (χ2n) is 9.41. The molecule has 180 valence electrons. The summed E-state index contributed by atoms with van der Waals surface area (Å²) in [7, 11) is -2.57. The third-order valence-corrected chi connectivity index (χ3v) is 12.4. The number of benzene rings is 3. The summed E-state index contributed by atoms with van der Waals surface area (Å²) in [6.45, 7) is 5.16. The number of allylic oxidation sites excluding steroid dienone is 4. The summed E-state index contributed by atoms with van der Waals surface area (Å²) in [5.41, 5.74) is 2.11. The standard InChI is InChI=1S/C31H33O3P/c1-22-23(2)31(34)29(24(3)30(22)33)20-19-25(32)21-35(26-13-7-4-8-14-26,27-15-9-5-10-16-27)28-17-11-6-12-18-28/h4-18,25,32,35H,19-21H2,1-3H3. The van der Waals surface area contributed by atoms with Crippen molar-refractivity contribution in [2.75, 3.05) is 6.16 Å². The van der Waals surface area contributed by atoms with Gasteiger partial charge in [-0.15, -0.1) is 0 Å². The summed E-state index contributed by atoms with van der Waals surface area (Å²) < 4.78 is 0. The molecule has 0 heterocycles. The van der Waals surface area contributed by atoms with Crippen LogP contribution in [0.5, 0.6) is 0 Å². The molecule has 35 heavy (non-hydrogen) atoms. The van der Waals surface area contributed by atoms with E-state index in [1.807, 2.05) is 18.2 Å². The van der Waals surface area contributed by atoms with Gasteiger partial charge in [0.15, 0.2) is 0 Å². The number of hydrogen-bond acceptors (Lipinski definition) is 3. The van der Waals surface area contributed by atoms with E-state index in [9.17, 15) is 14.7 Å². The molecule has 1 N–H and O–H groups in total. The van der Waals surface area contributed by atoms with Crippen molar-refractivity contribution in [2.24, 2.45) is 0 Å². The molecule has 0 fully saturated rings. The van der Waals surface area contributed by atoms with Crippen molar-refractivity contribution >= 4 is 34.7 Å². The van der Waals surface area contributed by atoms with Gasteiger partial charge < -0.3 is 0 Å². The molecule has 1 atom stereocenters. The Bertz CT molecular complexity index is 1180. The van der Waals surface area contributed by atoms with Crippen LogP contribution in [0, 0.1) is 0 Å².